The third-order valence-electron chi connectivity index (χ3n) is 5.97. The molecule has 5 rings (SSSR count). The highest BCUT2D eigenvalue weighted by atomic mass is 32.1. The first kappa shape index (κ1) is 19.5. The molecule has 0 saturated heterocycles. The minimum atomic E-state index is -0.0778. The van der Waals surface area contributed by atoms with Crippen LogP contribution in [0.4, 0.5) is 0 Å². The first-order valence-electron chi connectivity index (χ1n) is 10.4. The van der Waals surface area contributed by atoms with Gasteiger partial charge in [0, 0.05) is 17.5 Å². The number of benzene rings is 1. The molecule has 1 aliphatic heterocycles. The first-order valence-corrected chi connectivity index (χ1v) is 12.1. The van der Waals surface area contributed by atoms with Gasteiger partial charge in [-0.1, -0.05) is 35.9 Å². The van der Waals surface area contributed by atoms with Crippen molar-refractivity contribution >= 4 is 34.5 Å². The summed E-state index contributed by atoms with van der Waals surface area (Å²) < 4.78 is 0. The zero-order valence-electron chi connectivity index (χ0n) is 16.9. The highest BCUT2D eigenvalue weighted by molar-refractivity contribution is 7.12. The fourth-order valence-electron chi connectivity index (χ4n) is 4.22. The predicted octanol–water partition coefficient (Wildman–Crippen LogP) is 4.90. The highest BCUT2D eigenvalue weighted by Crippen LogP contribution is 2.38. The minimum absolute atomic E-state index is 0.0130. The maximum absolute atomic E-state index is 13.5. The van der Waals surface area contributed by atoms with E-state index in [1.165, 1.54) is 27.3 Å². The van der Waals surface area contributed by atoms with Crippen molar-refractivity contribution in [3.63, 3.8) is 0 Å². The number of amides is 2. The summed E-state index contributed by atoms with van der Waals surface area (Å²) in [5.74, 6) is 0.0233. The molecule has 154 valence electrons. The summed E-state index contributed by atoms with van der Waals surface area (Å²) in [6, 6.07) is 14.5. The van der Waals surface area contributed by atoms with Crippen LogP contribution in [0.2, 0.25) is 0 Å². The number of rotatable bonds is 5. The quantitative estimate of drug-likeness (QED) is 0.571. The molecule has 2 aliphatic rings. The monoisotopic (exact) mass is 436 g/mol. The topological polar surface area (TPSA) is 40.6 Å². The van der Waals surface area contributed by atoms with Crippen LogP contribution in [0.3, 0.4) is 0 Å². The van der Waals surface area contributed by atoms with E-state index in [9.17, 15) is 9.59 Å². The molecule has 0 N–H and O–H groups in total. The number of nitrogens with zero attached hydrogens (tertiary/aromatic N) is 2. The van der Waals surface area contributed by atoms with E-state index in [1.807, 2.05) is 22.4 Å². The highest BCUT2D eigenvalue weighted by Gasteiger charge is 2.38. The molecule has 0 spiro atoms. The van der Waals surface area contributed by atoms with Crippen molar-refractivity contribution in [2.75, 3.05) is 13.1 Å². The fraction of sp³-hybridized carbons (Fsp3) is 0.333. The SMILES string of the molecule is Cc1ccc(C2c3ccsc3CCN2C(=O)CN(C(=O)c2cccs2)C2CC2)cc1. The van der Waals surface area contributed by atoms with Gasteiger partial charge in [-0.2, -0.15) is 0 Å². The summed E-state index contributed by atoms with van der Waals surface area (Å²) in [4.78, 5) is 32.4. The lowest BCUT2D eigenvalue weighted by molar-refractivity contribution is -0.134. The summed E-state index contributed by atoms with van der Waals surface area (Å²) in [5, 5.41) is 4.03. The van der Waals surface area contributed by atoms with E-state index in [2.05, 4.69) is 42.6 Å². The number of thiophene rings is 2. The number of carbonyl (C=O) groups is 2. The maximum Gasteiger partial charge on any atom is 0.264 e. The van der Waals surface area contributed by atoms with Gasteiger partial charge in [0.2, 0.25) is 5.91 Å². The van der Waals surface area contributed by atoms with Gasteiger partial charge in [0.05, 0.1) is 10.9 Å². The van der Waals surface area contributed by atoms with Gasteiger partial charge in [0.15, 0.2) is 0 Å². The van der Waals surface area contributed by atoms with E-state index in [0.717, 1.165) is 24.8 Å². The van der Waals surface area contributed by atoms with Gasteiger partial charge < -0.3 is 9.80 Å². The van der Waals surface area contributed by atoms with Crippen LogP contribution in [0, 0.1) is 6.92 Å². The first-order chi connectivity index (χ1) is 14.6. The van der Waals surface area contributed by atoms with Crippen molar-refractivity contribution in [3.8, 4) is 0 Å². The molecule has 0 bridgehead atoms. The van der Waals surface area contributed by atoms with Crippen molar-refractivity contribution in [3.05, 3.63) is 79.7 Å². The Hall–Kier alpha value is -2.44. The predicted molar refractivity (Wildman–Crippen MR) is 121 cm³/mol. The zero-order valence-corrected chi connectivity index (χ0v) is 18.5. The molecule has 2 amide bonds. The molecule has 1 atom stereocenters. The maximum atomic E-state index is 13.5. The third kappa shape index (κ3) is 3.70. The van der Waals surface area contributed by atoms with Gasteiger partial charge in [-0.3, -0.25) is 9.59 Å². The summed E-state index contributed by atoms with van der Waals surface area (Å²) in [6.45, 7) is 2.92. The van der Waals surface area contributed by atoms with Crippen LogP contribution in [0.15, 0.2) is 53.2 Å². The Morgan fingerprint density at radius 2 is 1.87 bits per heavy atom. The van der Waals surface area contributed by atoms with Crippen LogP contribution in [0.1, 0.15) is 50.1 Å². The molecule has 2 aromatic heterocycles. The average Bonchev–Trinajstić information content (AvgIpc) is 3.24. The fourth-order valence-corrected chi connectivity index (χ4v) is 5.81. The normalized spacial score (nSPS) is 18.2. The Bertz CT molecular complexity index is 1050. The summed E-state index contributed by atoms with van der Waals surface area (Å²) in [5.41, 5.74) is 3.57. The van der Waals surface area contributed by atoms with Crippen molar-refractivity contribution in [1.82, 2.24) is 9.80 Å². The standard InChI is InChI=1S/C24H24N2O2S2/c1-16-4-6-17(7-5-16)23-19-11-14-30-20(19)10-12-25(23)22(27)15-26(18-8-9-18)24(28)21-3-2-13-29-21/h2-7,11,13-14,18,23H,8-10,12,15H2,1H3. The van der Waals surface area contributed by atoms with Crippen molar-refractivity contribution in [2.24, 2.45) is 0 Å². The molecule has 0 radical (unpaired) electrons. The molecular weight excluding hydrogens is 412 g/mol. The van der Waals surface area contributed by atoms with Crippen LogP contribution in [0.5, 0.6) is 0 Å². The molecule has 1 aliphatic carbocycles. The van der Waals surface area contributed by atoms with Gasteiger partial charge in [-0.15, -0.1) is 22.7 Å². The van der Waals surface area contributed by atoms with Crippen molar-refractivity contribution in [2.45, 2.75) is 38.3 Å². The molecule has 1 aromatic carbocycles. The van der Waals surface area contributed by atoms with E-state index >= 15 is 0 Å². The molecule has 4 nitrogen and oxygen atoms in total. The third-order valence-corrected chi connectivity index (χ3v) is 7.82. The lowest BCUT2D eigenvalue weighted by Crippen LogP contribution is -2.47. The van der Waals surface area contributed by atoms with E-state index in [4.69, 9.17) is 0 Å². The van der Waals surface area contributed by atoms with Crippen LogP contribution in [0.25, 0.3) is 0 Å². The molecule has 1 fully saturated rings. The van der Waals surface area contributed by atoms with E-state index in [-0.39, 0.29) is 30.4 Å². The number of aryl methyl sites for hydroxylation is 1. The molecule has 6 heteroatoms. The Morgan fingerprint density at radius 1 is 1.07 bits per heavy atom. The molecule has 3 aromatic rings. The van der Waals surface area contributed by atoms with Crippen molar-refractivity contribution in [1.29, 1.82) is 0 Å². The Balaban J connectivity index is 1.43. The van der Waals surface area contributed by atoms with E-state index in [1.54, 1.807) is 16.2 Å². The summed E-state index contributed by atoms with van der Waals surface area (Å²) >= 11 is 3.21. The summed E-state index contributed by atoms with van der Waals surface area (Å²) in [6.07, 6.45) is 2.85. The molecule has 1 unspecified atom stereocenters. The second kappa shape index (κ2) is 8.00. The second-order valence-electron chi connectivity index (χ2n) is 8.09. The smallest absolute Gasteiger partial charge is 0.264 e. The Kier molecular flexibility index (Phi) is 5.21. The molecule has 3 heterocycles. The number of carbonyl (C=O) groups excluding carboxylic acids is 2. The Labute approximate surface area is 184 Å². The van der Waals surface area contributed by atoms with E-state index < -0.39 is 0 Å². The number of hydrogen-bond donors (Lipinski definition) is 0. The van der Waals surface area contributed by atoms with Crippen LogP contribution >= 0.6 is 22.7 Å². The molecular formula is C24H24N2O2S2. The van der Waals surface area contributed by atoms with Gasteiger partial charge in [-0.05, 0) is 60.2 Å². The van der Waals surface area contributed by atoms with Gasteiger partial charge >= 0.3 is 0 Å². The number of fused-ring (bicyclic) bond motifs is 1. The largest absolute Gasteiger partial charge is 0.330 e. The zero-order chi connectivity index (χ0) is 20.7. The minimum Gasteiger partial charge on any atom is -0.330 e. The number of hydrogen-bond acceptors (Lipinski definition) is 4. The Morgan fingerprint density at radius 3 is 2.57 bits per heavy atom. The molecule has 30 heavy (non-hydrogen) atoms. The van der Waals surface area contributed by atoms with Gasteiger partial charge in [0.1, 0.15) is 6.54 Å². The van der Waals surface area contributed by atoms with Gasteiger partial charge in [-0.25, -0.2) is 0 Å². The lowest BCUT2D eigenvalue weighted by atomic mass is 9.92. The average molecular weight is 437 g/mol. The van der Waals surface area contributed by atoms with Crippen LogP contribution in [-0.2, 0) is 11.2 Å². The van der Waals surface area contributed by atoms with Crippen LogP contribution in [-0.4, -0.2) is 40.7 Å². The van der Waals surface area contributed by atoms with Gasteiger partial charge in [0.25, 0.3) is 5.91 Å². The van der Waals surface area contributed by atoms with Crippen molar-refractivity contribution < 1.29 is 9.59 Å². The molecule has 1 saturated carbocycles. The second-order valence-corrected chi connectivity index (χ2v) is 10.0. The van der Waals surface area contributed by atoms with E-state index in [0.29, 0.717) is 11.4 Å². The lowest BCUT2D eigenvalue weighted by Gasteiger charge is -2.37. The summed E-state index contributed by atoms with van der Waals surface area (Å²) in [7, 11) is 0. The van der Waals surface area contributed by atoms with Crippen LogP contribution < -0.4 is 0 Å².